The van der Waals surface area contributed by atoms with E-state index >= 15 is 0 Å². The number of rotatable bonds is 2. The Kier molecular flexibility index (Phi) is 3.50. The normalized spacial score (nSPS) is 41.1. The second-order valence-corrected chi connectivity index (χ2v) is 6.14. The van der Waals surface area contributed by atoms with Crippen molar-refractivity contribution in [2.45, 2.75) is 51.6 Å². The molecule has 5 atom stereocenters. The van der Waals surface area contributed by atoms with E-state index in [1.165, 1.54) is 25.7 Å². The summed E-state index contributed by atoms with van der Waals surface area (Å²) in [7, 11) is 0. The van der Waals surface area contributed by atoms with Crippen molar-refractivity contribution in [3.8, 4) is 0 Å². The van der Waals surface area contributed by atoms with E-state index < -0.39 is 5.92 Å². The highest BCUT2D eigenvalue weighted by atomic mass is 16.6. The Morgan fingerprint density at radius 3 is 2.63 bits per heavy atom. The number of ether oxygens (including phenoxy) is 2. The number of hydrogen-bond acceptors (Lipinski definition) is 4. The fourth-order valence-electron chi connectivity index (χ4n) is 4.27. The van der Waals surface area contributed by atoms with Crippen molar-refractivity contribution in [1.29, 1.82) is 0 Å². The zero-order valence-corrected chi connectivity index (χ0v) is 11.5. The predicted molar refractivity (Wildman–Crippen MR) is 68.2 cm³/mol. The third-order valence-electron chi connectivity index (χ3n) is 5.14. The van der Waals surface area contributed by atoms with Gasteiger partial charge in [-0.2, -0.15) is 0 Å². The van der Waals surface area contributed by atoms with Crippen LogP contribution in [0.4, 0.5) is 0 Å². The van der Waals surface area contributed by atoms with Crippen molar-refractivity contribution in [3.05, 3.63) is 0 Å². The third-order valence-corrected chi connectivity index (χ3v) is 5.14. The summed E-state index contributed by atoms with van der Waals surface area (Å²) >= 11 is 0. The first kappa shape index (κ1) is 12.9. The van der Waals surface area contributed by atoms with Crippen LogP contribution in [0.15, 0.2) is 0 Å². The van der Waals surface area contributed by atoms with Crippen molar-refractivity contribution < 1.29 is 19.1 Å². The van der Waals surface area contributed by atoms with Crippen molar-refractivity contribution in [2.75, 3.05) is 6.61 Å². The second kappa shape index (κ2) is 5.14. The molecule has 4 heteroatoms. The van der Waals surface area contributed by atoms with Crippen LogP contribution in [-0.2, 0) is 19.1 Å². The summed E-state index contributed by atoms with van der Waals surface area (Å²) in [6, 6.07) is 0. The van der Waals surface area contributed by atoms with Crippen LogP contribution in [0.1, 0.15) is 45.4 Å². The van der Waals surface area contributed by atoms with Gasteiger partial charge in [-0.1, -0.05) is 25.7 Å². The van der Waals surface area contributed by atoms with Gasteiger partial charge in [0.05, 0.1) is 6.61 Å². The number of hydrogen-bond donors (Lipinski definition) is 0. The summed E-state index contributed by atoms with van der Waals surface area (Å²) in [5.74, 6) is 0.0465. The van der Waals surface area contributed by atoms with E-state index in [9.17, 15) is 9.59 Å². The van der Waals surface area contributed by atoms with Crippen LogP contribution >= 0.6 is 0 Å². The van der Waals surface area contributed by atoms with E-state index in [2.05, 4.69) is 0 Å². The highest BCUT2D eigenvalue weighted by Gasteiger charge is 2.53. The second-order valence-electron chi connectivity index (χ2n) is 6.14. The first-order valence-electron chi connectivity index (χ1n) is 7.57. The zero-order chi connectivity index (χ0) is 13.4. The van der Waals surface area contributed by atoms with Crippen LogP contribution in [-0.4, -0.2) is 24.6 Å². The summed E-state index contributed by atoms with van der Waals surface area (Å²) in [6.07, 6.45) is 6.97. The molecule has 19 heavy (non-hydrogen) atoms. The summed E-state index contributed by atoms with van der Waals surface area (Å²) in [5.41, 5.74) is 0. The minimum atomic E-state index is -0.659. The largest absolute Gasteiger partial charge is 0.465 e. The Morgan fingerprint density at radius 2 is 1.95 bits per heavy atom. The fraction of sp³-hybridized carbons (Fsp3) is 0.867. The van der Waals surface area contributed by atoms with Crippen molar-refractivity contribution >= 4 is 11.9 Å². The summed E-state index contributed by atoms with van der Waals surface area (Å²) in [4.78, 5) is 23.9. The lowest BCUT2D eigenvalue weighted by atomic mass is 9.64. The Balaban J connectivity index is 1.75. The van der Waals surface area contributed by atoms with Gasteiger partial charge in [0.1, 0.15) is 6.10 Å². The molecule has 0 amide bonds. The van der Waals surface area contributed by atoms with Gasteiger partial charge in [0.2, 0.25) is 0 Å². The molecule has 0 N–H and O–H groups in total. The molecule has 0 bridgehead atoms. The van der Waals surface area contributed by atoms with E-state index in [4.69, 9.17) is 9.47 Å². The molecule has 2 saturated carbocycles. The molecule has 3 aliphatic rings. The molecule has 1 aliphatic heterocycles. The number of carbonyl (C=O) groups excluding carboxylic acids is 2. The fourth-order valence-corrected chi connectivity index (χ4v) is 4.27. The molecular formula is C15H22O4. The minimum Gasteiger partial charge on any atom is -0.465 e. The smallest absolute Gasteiger partial charge is 0.321 e. The molecule has 0 aromatic carbocycles. The molecule has 4 nitrogen and oxygen atoms in total. The third kappa shape index (κ3) is 2.26. The molecule has 0 aromatic heterocycles. The number of fused-ring (bicyclic) bond motifs is 2. The molecular weight excluding hydrogens is 244 g/mol. The molecule has 0 aromatic rings. The first-order valence-corrected chi connectivity index (χ1v) is 7.57. The van der Waals surface area contributed by atoms with Crippen LogP contribution in [0.5, 0.6) is 0 Å². The first-order chi connectivity index (χ1) is 9.20. The maximum Gasteiger partial charge on any atom is 0.321 e. The molecule has 1 heterocycles. The molecule has 3 fully saturated rings. The van der Waals surface area contributed by atoms with Crippen molar-refractivity contribution in [3.63, 3.8) is 0 Å². The van der Waals surface area contributed by atoms with Gasteiger partial charge < -0.3 is 9.47 Å². The Morgan fingerprint density at radius 1 is 1.26 bits per heavy atom. The van der Waals surface area contributed by atoms with Gasteiger partial charge >= 0.3 is 11.9 Å². The van der Waals surface area contributed by atoms with Gasteiger partial charge in [-0.25, -0.2) is 0 Å². The standard InChI is InChI=1S/C15H22O4/c1-2-18-14(16)13-11-7-9-5-3-4-6-10(9)8-12(11)19-15(13)17/h9-13H,2-8H2,1H3. The monoisotopic (exact) mass is 266 g/mol. The summed E-state index contributed by atoms with van der Waals surface area (Å²) < 4.78 is 10.5. The van der Waals surface area contributed by atoms with Crippen LogP contribution in [0.25, 0.3) is 0 Å². The number of carbonyl (C=O) groups is 2. The lowest BCUT2D eigenvalue weighted by molar-refractivity contribution is -0.156. The Hall–Kier alpha value is -1.06. The quantitative estimate of drug-likeness (QED) is 0.568. The lowest BCUT2D eigenvalue weighted by Crippen LogP contribution is -2.39. The molecule has 5 unspecified atom stereocenters. The van der Waals surface area contributed by atoms with Crippen molar-refractivity contribution in [1.82, 2.24) is 0 Å². The van der Waals surface area contributed by atoms with Gasteiger partial charge in [-0.05, 0) is 31.6 Å². The predicted octanol–water partition coefficient (Wildman–Crippen LogP) is 2.31. The van der Waals surface area contributed by atoms with Crippen LogP contribution in [0, 0.1) is 23.7 Å². The topological polar surface area (TPSA) is 52.6 Å². The summed E-state index contributed by atoms with van der Waals surface area (Å²) in [5, 5.41) is 0. The molecule has 0 spiro atoms. The van der Waals surface area contributed by atoms with E-state index in [0.717, 1.165) is 12.8 Å². The van der Waals surface area contributed by atoms with Crippen LogP contribution in [0.2, 0.25) is 0 Å². The van der Waals surface area contributed by atoms with Gasteiger partial charge in [0.15, 0.2) is 5.92 Å². The highest BCUT2D eigenvalue weighted by molar-refractivity contribution is 5.96. The number of esters is 2. The van der Waals surface area contributed by atoms with Crippen LogP contribution < -0.4 is 0 Å². The van der Waals surface area contributed by atoms with Gasteiger partial charge in [-0.3, -0.25) is 9.59 Å². The molecule has 0 radical (unpaired) electrons. The van der Waals surface area contributed by atoms with E-state index in [-0.39, 0.29) is 24.0 Å². The van der Waals surface area contributed by atoms with Crippen molar-refractivity contribution in [2.24, 2.45) is 23.7 Å². The minimum absolute atomic E-state index is 0.0405. The van der Waals surface area contributed by atoms with Gasteiger partial charge in [0.25, 0.3) is 0 Å². The molecule has 1 saturated heterocycles. The average Bonchev–Trinajstić information content (AvgIpc) is 2.71. The Bertz CT molecular complexity index is 378. The Labute approximate surface area is 113 Å². The maximum absolute atomic E-state index is 11.9. The summed E-state index contributed by atoms with van der Waals surface area (Å²) in [6.45, 7) is 2.10. The molecule has 2 aliphatic carbocycles. The molecule has 3 rings (SSSR count). The van der Waals surface area contributed by atoms with Gasteiger partial charge in [0, 0.05) is 5.92 Å². The highest BCUT2D eigenvalue weighted by Crippen LogP contribution is 2.49. The zero-order valence-electron chi connectivity index (χ0n) is 11.5. The molecule has 106 valence electrons. The van der Waals surface area contributed by atoms with Crippen LogP contribution in [0.3, 0.4) is 0 Å². The SMILES string of the molecule is CCOC(=O)C1C(=O)OC2CC3CCCCC3CC21. The lowest BCUT2D eigenvalue weighted by Gasteiger charge is -2.40. The van der Waals surface area contributed by atoms with E-state index in [0.29, 0.717) is 18.4 Å². The van der Waals surface area contributed by atoms with Gasteiger partial charge in [-0.15, -0.1) is 0 Å². The average molecular weight is 266 g/mol. The maximum atomic E-state index is 11.9. The van der Waals surface area contributed by atoms with E-state index in [1.54, 1.807) is 6.92 Å². The van der Waals surface area contributed by atoms with E-state index in [1.807, 2.05) is 0 Å².